The number of carboxylic acid groups (broad SMARTS) is 1. The summed E-state index contributed by atoms with van der Waals surface area (Å²) in [4.78, 5) is 24.2. The molecule has 0 heterocycles. The van der Waals surface area contributed by atoms with E-state index in [4.69, 9.17) is 5.11 Å². The molecule has 0 aromatic carbocycles. The van der Waals surface area contributed by atoms with Gasteiger partial charge in [0.1, 0.15) is 15.9 Å². The van der Waals surface area contributed by atoms with Gasteiger partial charge in [-0.25, -0.2) is 13.2 Å². The van der Waals surface area contributed by atoms with E-state index in [1.807, 2.05) is 0 Å². The third-order valence-corrected chi connectivity index (χ3v) is 3.94. The van der Waals surface area contributed by atoms with Gasteiger partial charge in [-0.2, -0.15) is 0 Å². The predicted molar refractivity (Wildman–Crippen MR) is 65.9 cm³/mol. The van der Waals surface area contributed by atoms with Crippen molar-refractivity contribution in [2.24, 2.45) is 0 Å². The maximum Gasteiger partial charge on any atom is 0.326 e. The van der Waals surface area contributed by atoms with Gasteiger partial charge in [-0.1, -0.05) is 0 Å². The predicted octanol–water partition coefficient (Wildman–Crippen LogP) is 0.275. The van der Waals surface area contributed by atoms with Crippen LogP contribution in [-0.4, -0.2) is 54.4 Å². The number of carbonyl (C=O) groups is 2. The molecule has 7 heteroatoms. The maximum atomic E-state index is 11.9. The van der Waals surface area contributed by atoms with E-state index in [1.54, 1.807) is 0 Å². The van der Waals surface area contributed by atoms with Crippen LogP contribution in [0.5, 0.6) is 0 Å². The van der Waals surface area contributed by atoms with Crippen LogP contribution in [0.2, 0.25) is 0 Å². The molecule has 104 valence electrons. The highest BCUT2D eigenvalue weighted by molar-refractivity contribution is 7.90. The van der Waals surface area contributed by atoms with Crippen LogP contribution in [0.15, 0.2) is 0 Å². The Hall–Kier alpha value is -1.11. The second-order valence-corrected chi connectivity index (χ2v) is 7.04. The van der Waals surface area contributed by atoms with Crippen molar-refractivity contribution in [3.8, 4) is 0 Å². The van der Waals surface area contributed by atoms with Crippen molar-refractivity contribution >= 4 is 21.7 Å². The van der Waals surface area contributed by atoms with Gasteiger partial charge in [0, 0.05) is 18.7 Å². The van der Waals surface area contributed by atoms with Gasteiger partial charge < -0.3 is 10.0 Å². The second-order valence-electron chi connectivity index (χ2n) is 4.78. The first-order chi connectivity index (χ1) is 8.22. The monoisotopic (exact) mass is 277 g/mol. The molecule has 0 radical (unpaired) electrons. The zero-order valence-electron chi connectivity index (χ0n) is 10.6. The molecule has 6 nitrogen and oxygen atoms in total. The standard InChI is InChI=1S/C11H19NO5S/c1-8(11(14)15)12(9-5-6-9)10(13)4-3-7-18(2,16)17/h8-9H,3-7H2,1-2H3,(H,14,15). The first-order valence-corrected chi connectivity index (χ1v) is 8.00. The molecule has 0 spiro atoms. The van der Waals surface area contributed by atoms with Crippen LogP contribution >= 0.6 is 0 Å². The molecule has 0 aromatic heterocycles. The molecule has 1 rings (SSSR count). The number of hydrogen-bond donors (Lipinski definition) is 1. The van der Waals surface area contributed by atoms with Gasteiger partial charge in [0.05, 0.1) is 5.75 Å². The van der Waals surface area contributed by atoms with E-state index in [0.717, 1.165) is 19.1 Å². The van der Waals surface area contributed by atoms with E-state index in [1.165, 1.54) is 11.8 Å². The highest BCUT2D eigenvalue weighted by Crippen LogP contribution is 2.29. The molecular formula is C11H19NO5S. The normalized spacial score (nSPS) is 17.2. The molecule has 1 N–H and O–H groups in total. The van der Waals surface area contributed by atoms with Crippen LogP contribution in [-0.2, 0) is 19.4 Å². The summed E-state index contributed by atoms with van der Waals surface area (Å²) in [5.74, 6) is -1.34. The molecule has 0 aliphatic heterocycles. The number of hydrogen-bond acceptors (Lipinski definition) is 4. The zero-order chi connectivity index (χ0) is 13.9. The molecule has 0 aromatic rings. The second kappa shape index (κ2) is 5.69. The Bertz CT molecular complexity index is 427. The number of aliphatic carboxylic acids is 1. The summed E-state index contributed by atoms with van der Waals surface area (Å²) in [6.07, 6.45) is 3.11. The fourth-order valence-corrected chi connectivity index (χ4v) is 2.49. The Morgan fingerprint density at radius 3 is 2.33 bits per heavy atom. The van der Waals surface area contributed by atoms with Crippen molar-refractivity contribution in [2.45, 2.75) is 44.7 Å². The summed E-state index contributed by atoms with van der Waals surface area (Å²) in [6, 6.07) is -0.829. The summed E-state index contributed by atoms with van der Waals surface area (Å²) in [5.41, 5.74) is 0. The van der Waals surface area contributed by atoms with Crippen molar-refractivity contribution in [1.29, 1.82) is 0 Å². The van der Waals surface area contributed by atoms with E-state index >= 15 is 0 Å². The van der Waals surface area contributed by atoms with Gasteiger partial charge in [0.2, 0.25) is 5.91 Å². The van der Waals surface area contributed by atoms with Crippen LogP contribution in [0.3, 0.4) is 0 Å². The number of carboxylic acids is 1. The number of carbonyl (C=O) groups excluding carboxylic acids is 1. The largest absolute Gasteiger partial charge is 0.480 e. The van der Waals surface area contributed by atoms with Gasteiger partial charge in [0.15, 0.2) is 0 Å². The molecule has 1 atom stereocenters. The van der Waals surface area contributed by atoms with Crippen molar-refractivity contribution in [3.05, 3.63) is 0 Å². The smallest absolute Gasteiger partial charge is 0.326 e. The molecular weight excluding hydrogens is 258 g/mol. The molecule has 0 bridgehead atoms. The van der Waals surface area contributed by atoms with Crippen LogP contribution in [0, 0.1) is 0 Å². The van der Waals surface area contributed by atoms with Crippen LogP contribution in [0.4, 0.5) is 0 Å². The lowest BCUT2D eigenvalue weighted by atomic mass is 10.2. The number of amides is 1. The molecule has 1 amide bonds. The van der Waals surface area contributed by atoms with E-state index < -0.39 is 21.8 Å². The summed E-state index contributed by atoms with van der Waals surface area (Å²) in [6.45, 7) is 1.48. The van der Waals surface area contributed by atoms with Gasteiger partial charge in [-0.3, -0.25) is 4.79 Å². The van der Waals surface area contributed by atoms with Crippen LogP contribution in [0.1, 0.15) is 32.6 Å². The molecule has 1 aliphatic carbocycles. The highest BCUT2D eigenvalue weighted by Gasteiger charge is 2.37. The molecule has 1 aliphatic rings. The Labute approximate surface area is 107 Å². The number of nitrogens with zero attached hydrogens (tertiary/aromatic N) is 1. The van der Waals surface area contributed by atoms with Gasteiger partial charge in [0.25, 0.3) is 0 Å². The van der Waals surface area contributed by atoms with Gasteiger partial charge in [-0.15, -0.1) is 0 Å². The van der Waals surface area contributed by atoms with Gasteiger partial charge in [-0.05, 0) is 26.2 Å². The van der Waals surface area contributed by atoms with E-state index in [9.17, 15) is 18.0 Å². The molecule has 18 heavy (non-hydrogen) atoms. The third kappa shape index (κ3) is 4.64. The van der Waals surface area contributed by atoms with Crippen molar-refractivity contribution in [3.63, 3.8) is 0 Å². The van der Waals surface area contributed by atoms with E-state index in [2.05, 4.69) is 0 Å². The van der Waals surface area contributed by atoms with E-state index in [-0.39, 0.29) is 30.5 Å². The first kappa shape index (κ1) is 14.9. The number of sulfone groups is 1. The molecule has 1 unspecified atom stereocenters. The summed E-state index contributed by atoms with van der Waals surface area (Å²) >= 11 is 0. The lowest BCUT2D eigenvalue weighted by Crippen LogP contribution is -2.44. The Morgan fingerprint density at radius 2 is 1.94 bits per heavy atom. The third-order valence-electron chi connectivity index (χ3n) is 2.91. The van der Waals surface area contributed by atoms with Crippen molar-refractivity contribution in [1.82, 2.24) is 4.90 Å². The summed E-state index contributed by atoms with van der Waals surface area (Å²) in [7, 11) is -3.07. The SMILES string of the molecule is CC(C(=O)O)N(C(=O)CCCS(C)(=O)=O)C1CC1. The maximum absolute atomic E-state index is 11.9. The number of rotatable bonds is 7. The Morgan fingerprint density at radius 1 is 1.39 bits per heavy atom. The fourth-order valence-electron chi connectivity index (χ4n) is 1.82. The molecule has 0 saturated heterocycles. The van der Waals surface area contributed by atoms with Crippen LogP contribution in [0.25, 0.3) is 0 Å². The van der Waals surface area contributed by atoms with E-state index in [0.29, 0.717) is 0 Å². The van der Waals surface area contributed by atoms with Crippen LogP contribution < -0.4 is 0 Å². The summed E-state index contributed by atoms with van der Waals surface area (Å²) in [5, 5.41) is 8.94. The lowest BCUT2D eigenvalue weighted by Gasteiger charge is -2.26. The van der Waals surface area contributed by atoms with Crippen molar-refractivity contribution < 1.29 is 23.1 Å². The Balaban J connectivity index is 2.53. The van der Waals surface area contributed by atoms with Gasteiger partial charge >= 0.3 is 5.97 Å². The zero-order valence-corrected chi connectivity index (χ0v) is 11.4. The molecule has 1 fully saturated rings. The fraction of sp³-hybridized carbons (Fsp3) is 0.818. The first-order valence-electron chi connectivity index (χ1n) is 5.94. The average Bonchev–Trinajstić information content (AvgIpc) is 2.99. The minimum absolute atomic E-state index is 0.0156. The average molecular weight is 277 g/mol. The highest BCUT2D eigenvalue weighted by atomic mass is 32.2. The minimum atomic E-state index is -3.07. The molecule has 1 saturated carbocycles. The lowest BCUT2D eigenvalue weighted by molar-refractivity contribution is -0.150. The van der Waals surface area contributed by atoms with Crippen molar-refractivity contribution in [2.75, 3.05) is 12.0 Å². The topological polar surface area (TPSA) is 91.8 Å². The Kier molecular flexibility index (Phi) is 4.72. The minimum Gasteiger partial charge on any atom is -0.480 e. The quantitative estimate of drug-likeness (QED) is 0.721. The summed E-state index contributed by atoms with van der Waals surface area (Å²) < 4.78 is 21.9.